The van der Waals surface area contributed by atoms with Crippen molar-refractivity contribution in [2.75, 3.05) is 18.5 Å². The van der Waals surface area contributed by atoms with Gasteiger partial charge >= 0.3 is 0 Å². The van der Waals surface area contributed by atoms with Gasteiger partial charge in [-0.3, -0.25) is 4.40 Å². The molecule has 148 valence electrons. The normalized spacial score (nSPS) is 15.0. The van der Waals surface area contributed by atoms with E-state index in [-0.39, 0.29) is 0 Å². The fourth-order valence-corrected chi connectivity index (χ4v) is 3.93. The van der Waals surface area contributed by atoms with Crippen LogP contribution in [0.15, 0.2) is 42.7 Å². The quantitative estimate of drug-likeness (QED) is 0.521. The Balaban J connectivity index is 1.57. The molecule has 1 aromatic carbocycles. The Morgan fingerprint density at radius 1 is 1.14 bits per heavy atom. The third-order valence-electron chi connectivity index (χ3n) is 5.58. The van der Waals surface area contributed by atoms with Crippen LogP contribution in [0.2, 0.25) is 0 Å². The molecule has 1 fully saturated rings. The Kier molecular flexibility index (Phi) is 6.10. The maximum Gasteiger partial charge on any atom is 0.235 e. The van der Waals surface area contributed by atoms with Crippen LogP contribution in [0.4, 0.5) is 5.82 Å². The van der Waals surface area contributed by atoms with Crippen LogP contribution in [0.25, 0.3) is 17.0 Å². The standard InChI is InChI=1S/C23H30N4O/c1-2-3-16-28-20-12-10-19(11-13-20)21-22(25-17-18-8-5-4-6-9-18)27-15-7-14-24-23(27)26-21/h7,10-15,18,25H,2-6,8-9,16-17H2,1H3. The molecule has 1 N–H and O–H groups in total. The summed E-state index contributed by atoms with van der Waals surface area (Å²) in [6.07, 6.45) is 12.8. The van der Waals surface area contributed by atoms with E-state index in [2.05, 4.69) is 33.8 Å². The minimum atomic E-state index is 0.729. The maximum absolute atomic E-state index is 5.80. The van der Waals surface area contributed by atoms with Crippen LogP contribution in [0.3, 0.4) is 0 Å². The monoisotopic (exact) mass is 378 g/mol. The van der Waals surface area contributed by atoms with Crippen molar-refractivity contribution in [1.82, 2.24) is 14.4 Å². The SMILES string of the molecule is CCCCOc1ccc(-c2nc3ncccn3c2NCC2CCCCC2)cc1. The molecular weight excluding hydrogens is 348 g/mol. The van der Waals surface area contributed by atoms with Crippen LogP contribution in [0.1, 0.15) is 51.9 Å². The largest absolute Gasteiger partial charge is 0.494 e. The molecule has 3 aromatic rings. The first-order chi connectivity index (χ1) is 13.8. The first-order valence-electron chi connectivity index (χ1n) is 10.7. The topological polar surface area (TPSA) is 51.5 Å². The predicted octanol–water partition coefficient (Wildman–Crippen LogP) is 5.57. The zero-order valence-corrected chi connectivity index (χ0v) is 16.7. The fourth-order valence-electron chi connectivity index (χ4n) is 3.93. The van der Waals surface area contributed by atoms with E-state index < -0.39 is 0 Å². The highest BCUT2D eigenvalue weighted by Crippen LogP contribution is 2.31. The fraction of sp³-hybridized carbons (Fsp3) is 0.478. The van der Waals surface area contributed by atoms with Crippen molar-refractivity contribution in [3.05, 3.63) is 42.7 Å². The van der Waals surface area contributed by atoms with Crippen LogP contribution in [0.5, 0.6) is 5.75 Å². The second-order valence-corrected chi connectivity index (χ2v) is 7.71. The van der Waals surface area contributed by atoms with E-state index in [4.69, 9.17) is 9.72 Å². The van der Waals surface area contributed by atoms with Crippen molar-refractivity contribution in [1.29, 1.82) is 0 Å². The minimum absolute atomic E-state index is 0.729. The number of hydrogen-bond donors (Lipinski definition) is 1. The molecule has 2 aromatic heterocycles. The van der Waals surface area contributed by atoms with Gasteiger partial charge in [0.05, 0.1) is 6.61 Å². The summed E-state index contributed by atoms with van der Waals surface area (Å²) in [5.74, 6) is 3.43. The summed E-state index contributed by atoms with van der Waals surface area (Å²) >= 11 is 0. The van der Waals surface area contributed by atoms with Crippen molar-refractivity contribution in [3.8, 4) is 17.0 Å². The summed E-state index contributed by atoms with van der Waals surface area (Å²) in [6.45, 7) is 3.93. The van der Waals surface area contributed by atoms with E-state index in [9.17, 15) is 0 Å². The second kappa shape index (κ2) is 9.09. The molecule has 0 bridgehead atoms. The van der Waals surface area contributed by atoms with Crippen molar-refractivity contribution >= 4 is 11.6 Å². The highest BCUT2D eigenvalue weighted by atomic mass is 16.5. The summed E-state index contributed by atoms with van der Waals surface area (Å²) in [4.78, 5) is 9.24. The summed E-state index contributed by atoms with van der Waals surface area (Å²) in [7, 11) is 0. The number of aromatic nitrogens is 3. The van der Waals surface area contributed by atoms with Gasteiger partial charge in [-0.25, -0.2) is 9.97 Å². The van der Waals surface area contributed by atoms with Gasteiger partial charge in [-0.15, -0.1) is 0 Å². The maximum atomic E-state index is 5.80. The van der Waals surface area contributed by atoms with Gasteiger partial charge in [-0.2, -0.15) is 0 Å². The molecule has 1 aliphatic rings. The zero-order valence-electron chi connectivity index (χ0n) is 16.7. The van der Waals surface area contributed by atoms with Crippen LogP contribution in [-0.4, -0.2) is 27.5 Å². The lowest BCUT2D eigenvalue weighted by molar-refractivity contribution is 0.309. The van der Waals surface area contributed by atoms with Crippen LogP contribution in [0, 0.1) is 5.92 Å². The Hall–Kier alpha value is -2.56. The molecule has 0 atom stereocenters. The Morgan fingerprint density at radius 2 is 1.96 bits per heavy atom. The van der Waals surface area contributed by atoms with E-state index in [1.54, 1.807) is 6.20 Å². The Bertz CT molecular complexity index is 881. The molecule has 0 radical (unpaired) electrons. The number of anilines is 1. The van der Waals surface area contributed by atoms with Gasteiger partial charge in [0.15, 0.2) is 0 Å². The number of unbranched alkanes of at least 4 members (excludes halogenated alkanes) is 1. The molecule has 4 rings (SSSR count). The Labute approximate surface area is 167 Å². The van der Waals surface area contributed by atoms with Crippen molar-refractivity contribution in [2.45, 2.75) is 51.9 Å². The molecule has 0 aliphatic heterocycles. The lowest BCUT2D eigenvalue weighted by Gasteiger charge is -2.22. The molecule has 2 heterocycles. The highest BCUT2D eigenvalue weighted by molar-refractivity contribution is 5.75. The lowest BCUT2D eigenvalue weighted by Crippen LogP contribution is -2.18. The number of nitrogens with zero attached hydrogens (tertiary/aromatic N) is 3. The zero-order chi connectivity index (χ0) is 19.2. The average molecular weight is 379 g/mol. The lowest BCUT2D eigenvalue weighted by atomic mass is 9.89. The smallest absolute Gasteiger partial charge is 0.235 e. The van der Waals surface area contributed by atoms with Gasteiger partial charge in [-0.05, 0) is 55.5 Å². The number of hydrogen-bond acceptors (Lipinski definition) is 4. The number of rotatable bonds is 8. The molecule has 1 saturated carbocycles. The molecule has 0 saturated heterocycles. The number of fused-ring (bicyclic) bond motifs is 1. The predicted molar refractivity (Wildman–Crippen MR) is 114 cm³/mol. The third kappa shape index (κ3) is 4.29. The van der Waals surface area contributed by atoms with Gasteiger partial charge in [0.1, 0.15) is 17.3 Å². The van der Waals surface area contributed by atoms with Gasteiger partial charge in [0.25, 0.3) is 0 Å². The van der Waals surface area contributed by atoms with E-state index >= 15 is 0 Å². The molecule has 0 unspecified atom stereocenters. The summed E-state index contributed by atoms with van der Waals surface area (Å²) in [5.41, 5.74) is 2.04. The minimum Gasteiger partial charge on any atom is -0.494 e. The highest BCUT2D eigenvalue weighted by Gasteiger charge is 2.18. The second-order valence-electron chi connectivity index (χ2n) is 7.71. The van der Waals surface area contributed by atoms with E-state index in [1.807, 2.05) is 24.4 Å². The number of ether oxygens (including phenoxy) is 1. The number of imidazole rings is 1. The van der Waals surface area contributed by atoms with Crippen LogP contribution < -0.4 is 10.1 Å². The first kappa shape index (κ1) is 18.8. The molecular formula is C23H30N4O. The van der Waals surface area contributed by atoms with Crippen molar-refractivity contribution in [3.63, 3.8) is 0 Å². The molecule has 0 amide bonds. The molecule has 28 heavy (non-hydrogen) atoms. The van der Waals surface area contributed by atoms with E-state index in [0.717, 1.165) is 60.5 Å². The van der Waals surface area contributed by atoms with Crippen molar-refractivity contribution in [2.24, 2.45) is 5.92 Å². The van der Waals surface area contributed by atoms with Gasteiger partial charge in [-0.1, -0.05) is 32.6 Å². The van der Waals surface area contributed by atoms with Crippen molar-refractivity contribution < 1.29 is 4.74 Å². The van der Waals surface area contributed by atoms with Gasteiger partial charge in [0.2, 0.25) is 5.78 Å². The number of nitrogens with one attached hydrogen (secondary N) is 1. The first-order valence-corrected chi connectivity index (χ1v) is 10.7. The molecule has 5 heteroatoms. The molecule has 0 spiro atoms. The summed E-state index contributed by atoms with van der Waals surface area (Å²) in [6, 6.07) is 10.2. The van der Waals surface area contributed by atoms with E-state index in [1.165, 1.54) is 32.1 Å². The Morgan fingerprint density at radius 3 is 2.75 bits per heavy atom. The van der Waals surface area contributed by atoms with E-state index in [0.29, 0.717) is 0 Å². The van der Waals surface area contributed by atoms with Gasteiger partial charge in [0, 0.05) is 24.5 Å². The van der Waals surface area contributed by atoms with Crippen LogP contribution >= 0.6 is 0 Å². The third-order valence-corrected chi connectivity index (χ3v) is 5.58. The summed E-state index contributed by atoms with van der Waals surface area (Å²) < 4.78 is 7.86. The van der Waals surface area contributed by atoms with Crippen LogP contribution in [-0.2, 0) is 0 Å². The molecule has 5 nitrogen and oxygen atoms in total. The molecule has 1 aliphatic carbocycles. The number of benzene rings is 1. The average Bonchev–Trinajstić information content (AvgIpc) is 3.12. The van der Waals surface area contributed by atoms with Gasteiger partial charge < -0.3 is 10.1 Å². The summed E-state index contributed by atoms with van der Waals surface area (Å²) in [5, 5.41) is 3.69.